The molecule has 164 valence electrons. The minimum atomic E-state index is -3.86. The molecule has 0 saturated heterocycles. The summed E-state index contributed by atoms with van der Waals surface area (Å²) in [6.45, 7) is 4.05. The smallest absolute Gasteiger partial charge is 0.240 e. The molecule has 3 rings (SSSR count). The summed E-state index contributed by atoms with van der Waals surface area (Å²) in [6, 6.07) is 8.95. The number of benzene rings is 1. The van der Waals surface area contributed by atoms with E-state index in [9.17, 15) is 12.8 Å². The number of hydrogen-bond donors (Lipinski definition) is 3. The fraction of sp³-hybridized carbons (Fsp3) is 0.250. The average molecular weight is 447 g/mol. The first-order chi connectivity index (χ1) is 14.8. The zero-order chi connectivity index (χ0) is 22.4. The molecule has 0 unspecified atom stereocenters. The first kappa shape index (κ1) is 22.4. The second kappa shape index (κ2) is 9.67. The van der Waals surface area contributed by atoms with Gasteiger partial charge in [0.15, 0.2) is 11.6 Å². The summed E-state index contributed by atoms with van der Waals surface area (Å²) in [4.78, 5) is 12.7. The normalized spacial score (nSPS) is 11.2. The van der Waals surface area contributed by atoms with Crippen LogP contribution in [-0.2, 0) is 10.0 Å². The van der Waals surface area contributed by atoms with Gasteiger partial charge in [-0.25, -0.2) is 32.5 Å². The van der Waals surface area contributed by atoms with Crippen molar-refractivity contribution in [2.75, 3.05) is 30.8 Å². The molecule has 0 atom stereocenters. The van der Waals surface area contributed by atoms with Crippen molar-refractivity contribution in [2.45, 2.75) is 18.7 Å². The number of ether oxygens (including phenoxy) is 1. The molecule has 31 heavy (non-hydrogen) atoms. The molecule has 0 spiro atoms. The molecule has 11 heteroatoms. The Morgan fingerprint density at radius 1 is 1.00 bits per heavy atom. The second-order valence-electron chi connectivity index (χ2n) is 6.65. The lowest BCUT2D eigenvalue weighted by Crippen LogP contribution is -2.29. The molecule has 2 heterocycles. The van der Waals surface area contributed by atoms with Crippen LogP contribution in [0.15, 0.2) is 47.5 Å². The van der Waals surface area contributed by atoms with E-state index in [0.29, 0.717) is 23.3 Å². The Hall–Kier alpha value is -3.31. The van der Waals surface area contributed by atoms with Gasteiger partial charge in [0.05, 0.1) is 12.0 Å². The number of anilines is 3. The lowest BCUT2D eigenvalue weighted by molar-refractivity contribution is 0.385. The molecule has 0 amide bonds. The number of methoxy groups -OCH3 is 1. The van der Waals surface area contributed by atoms with E-state index in [-0.39, 0.29) is 23.7 Å². The quantitative estimate of drug-likeness (QED) is 0.430. The molecule has 0 fully saturated rings. The largest absolute Gasteiger partial charge is 0.494 e. The van der Waals surface area contributed by atoms with Gasteiger partial charge >= 0.3 is 0 Å². The van der Waals surface area contributed by atoms with E-state index in [2.05, 4.69) is 30.3 Å². The van der Waals surface area contributed by atoms with E-state index in [1.54, 1.807) is 19.2 Å². The van der Waals surface area contributed by atoms with Gasteiger partial charge in [-0.15, -0.1) is 0 Å². The maximum atomic E-state index is 13.8. The Morgan fingerprint density at radius 2 is 1.77 bits per heavy atom. The van der Waals surface area contributed by atoms with Gasteiger partial charge in [-0.05, 0) is 49.7 Å². The van der Waals surface area contributed by atoms with Crippen LogP contribution in [0.3, 0.4) is 0 Å². The van der Waals surface area contributed by atoms with Gasteiger partial charge in [-0.1, -0.05) is 0 Å². The number of sulfonamides is 1. The van der Waals surface area contributed by atoms with Gasteiger partial charge in [-0.2, -0.15) is 0 Å². The molecule has 0 aliphatic heterocycles. The molecule has 0 aliphatic rings. The number of nitrogens with zero attached hydrogens (tertiary/aromatic N) is 3. The number of nitrogens with one attached hydrogen (secondary N) is 3. The summed E-state index contributed by atoms with van der Waals surface area (Å²) in [7, 11) is -2.55. The highest BCUT2D eigenvalue weighted by molar-refractivity contribution is 7.89. The molecule has 2 aromatic heterocycles. The Balaban J connectivity index is 1.59. The van der Waals surface area contributed by atoms with Crippen LogP contribution in [-0.4, -0.2) is 43.6 Å². The summed E-state index contributed by atoms with van der Waals surface area (Å²) >= 11 is 0. The van der Waals surface area contributed by atoms with Crippen LogP contribution < -0.4 is 20.1 Å². The molecule has 9 nitrogen and oxygen atoms in total. The molecule has 0 saturated carbocycles. The number of aromatic nitrogens is 3. The minimum Gasteiger partial charge on any atom is -0.494 e. The van der Waals surface area contributed by atoms with Gasteiger partial charge in [0.25, 0.3) is 0 Å². The minimum absolute atomic E-state index is 0.0231. The molecule has 1 aromatic carbocycles. The summed E-state index contributed by atoms with van der Waals surface area (Å²) in [6.07, 6.45) is 1.70. The highest BCUT2D eigenvalue weighted by Gasteiger charge is 2.16. The number of rotatable bonds is 9. The van der Waals surface area contributed by atoms with Crippen LogP contribution >= 0.6 is 0 Å². The third-order valence-corrected chi connectivity index (χ3v) is 5.62. The van der Waals surface area contributed by atoms with Crippen molar-refractivity contribution < 1.29 is 17.5 Å². The molecule has 0 aliphatic carbocycles. The highest BCUT2D eigenvalue weighted by atomic mass is 32.2. The second-order valence-corrected chi connectivity index (χ2v) is 8.42. The third-order valence-electron chi connectivity index (χ3n) is 4.17. The zero-order valence-corrected chi connectivity index (χ0v) is 18.1. The molecule has 0 bridgehead atoms. The Kier molecular flexibility index (Phi) is 6.98. The van der Waals surface area contributed by atoms with Gasteiger partial charge in [0, 0.05) is 25.4 Å². The van der Waals surface area contributed by atoms with E-state index >= 15 is 0 Å². The summed E-state index contributed by atoms with van der Waals surface area (Å²) in [5.41, 5.74) is 1.06. The maximum absolute atomic E-state index is 13.8. The van der Waals surface area contributed by atoms with Gasteiger partial charge in [-0.3, -0.25) is 0 Å². The van der Waals surface area contributed by atoms with E-state index < -0.39 is 15.8 Å². The topological polar surface area (TPSA) is 118 Å². The Labute approximate surface area is 180 Å². The number of halogens is 1. The van der Waals surface area contributed by atoms with Crippen molar-refractivity contribution in [2.24, 2.45) is 0 Å². The van der Waals surface area contributed by atoms with Crippen molar-refractivity contribution in [3.05, 3.63) is 59.8 Å². The first-order valence-electron chi connectivity index (χ1n) is 9.39. The van der Waals surface area contributed by atoms with Crippen LogP contribution in [0.2, 0.25) is 0 Å². The standard InChI is InChI=1S/C20H23FN6O3S/c1-13-6-7-22-18(10-13)27-20-12-19(25-14(2)26-20)23-8-9-24-31(28,29)15-4-5-17(30-3)16(21)11-15/h4-7,10-12,24H,8-9H2,1-3H3,(H2,22,23,25,26,27). The molecule has 3 N–H and O–H groups in total. The average Bonchev–Trinajstić information content (AvgIpc) is 2.71. The first-order valence-corrected chi connectivity index (χ1v) is 10.9. The van der Waals surface area contributed by atoms with Crippen molar-refractivity contribution >= 4 is 27.5 Å². The number of aryl methyl sites for hydroxylation is 2. The van der Waals surface area contributed by atoms with E-state index in [1.165, 1.54) is 19.2 Å². The molecule has 3 aromatic rings. The summed E-state index contributed by atoms with van der Waals surface area (Å²) in [5, 5.41) is 6.16. The Morgan fingerprint density at radius 3 is 2.48 bits per heavy atom. The predicted molar refractivity (Wildman–Crippen MR) is 116 cm³/mol. The van der Waals surface area contributed by atoms with Crippen LogP contribution in [0.4, 0.5) is 21.8 Å². The van der Waals surface area contributed by atoms with Crippen molar-refractivity contribution in [3.8, 4) is 5.75 Å². The van der Waals surface area contributed by atoms with Crippen LogP contribution in [0.5, 0.6) is 5.75 Å². The Bertz CT molecular complexity index is 1170. The number of pyridine rings is 1. The van der Waals surface area contributed by atoms with E-state index in [1.807, 2.05) is 19.1 Å². The zero-order valence-electron chi connectivity index (χ0n) is 17.3. The molecular formula is C20H23FN6O3S. The number of hydrogen-bond acceptors (Lipinski definition) is 8. The summed E-state index contributed by atoms with van der Waals surface area (Å²) in [5.74, 6) is 1.51. The lowest BCUT2D eigenvalue weighted by atomic mass is 10.3. The van der Waals surface area contributed by atoms with Crippen molar-refractivity contribution in [1.29, 1.82) is 0 Å². The fourth-order valence-corrected chi connectivity index (χ4v) is 3.77. The van der Waals surface area contributed by atoms with Gasteiger partial charge < -0.3 is 15.4 Å². The van der Waals surface area contributed by atoms with Crippen LogP contribution in [0.25, 0.3) is 0 Å². The van der Waals surface area contributed by atoms with E-state index in [4.69, 9.17) is 4.74 Å². The van der Waals surface area contributed by atoms with Crippen LogP contribution in [0, 0.1) is 19.7 Å². The van der Waals surface area contributed by atoms with E-state index in [0.717, 1.165) is 11.6 Å². The van der Waals surface area contributed by atoms with Gasteiger partial charge in [0.1, 0.15) is 23.3 Å². The highest BCUT2D eigenvalue weighted by Crippen LogP contribution is 2.20. The fourth-order valence-electron chi connectivity index (χ4n) is 2.73. The molecular weight excluding hydrogens is 423 g/mol. The van der Waals surface area contributed by atoms with Gasteiger partial charge in [0.2, 0.25) is 10.0 Å². The summed E-state index contributed by atoms with van der Waals surface area (Å²) < 4.78 is 45.7. The van der Waals surface area contributed by atoms with Crippen molar-refractivity contribution in [1.82, 2.24) is 19.7 Å². The third kappa shape index (κ3) is 6.09. The lowest BCUT2D eigenvalue weighted by Gasteiger charge is -2.11. The SMILES string of the molecule is COc1ccc(S(=O)(=O)NCCNc2cc(Nc3cc(C)ccn3)nc(C)n2)cc1F. The molecule has 0 radical (unpaired) electrons. The predicted octanol–water partition coefficient (Wildman–Crippen LogP) is 2.77. The van der Waals surface area contributed by atoms with Crippen LogP contribution in [0.1, 0.15) is 11.4 Å². The monoisotopic (exact) mass is 446 g/mol. The maximum Gasteiger partial charge on any atom is 0.240 e. The van der Waals surface area contributed by atoms with Crippen molar-refractivity contribution in [3.63, 3.8) is 0 Å².